The van der Waals surface area contributed by atoms with Crippen LogP contribution in [0.1, 0.15) is 16.3 Å². The number of rotatable bonds is 3. The molecule has 2 rings (SSSR count). The van der Waals surface area contributed by atoms with Gasteiger partial charge in [-0.05, 0) is 13.0 Å². The van der Waals surface area contributed by atoms with Crippen molar-refractivity contribution in [2.24, 2.45) is 0 Å². The molecule has 20 heavy (non-hydrogen) atoms. The SMILES string of the molecule is Cc1nc(CN(C)c2ncc(C(F)(F)F)cc2Cl)cs1. The van der Waals surface area contributed by atoms with Crippen molar-refractivity contribution in [1.82, 2.24) is 9.97 Å². The predicted octanol–water partition coefficient (Wildman–Crippen LogP) is 4.16. The smallest absolute Gasteiger partial charge is 0.353 e. The highest BCUT2D eigenvalue weighted by atomic mass is 35.5. The highest BCUT2D eigenvalue weighted by molar-refractivity contribution is 7.09. The summed E-state index contributed by atoms with van der Waals surface area (Å²) in [6, 6.07) is 0.882. The molecule has 0 radical (unpaired) electrons. The second kappa shape index (κ2) is 5.57. The molecule has 0 amide bonds. The number of anilines is 1. The number of nitrogens with zero attached hydrogens (tertiary/aromatic N) is 3. The van der Waals surface area contributed by atoms with Crippen molar-refractivity contribution in [2.75, 3.05) is 11.9 Å². The molecular formula is C12H11ClF3N3S. The molecule has 0 bridgehead atoms. The van der Waals surface area contributed by atoms with Crippen LogP contribution in [0.25, 0.3) is 0 Å². The fourth-order valence-corrected chi connectivity index (χ4v) is 2.58. The highest BCUT2D eigenvalue weighted by Crippen LogP contribution is 2.33. The molecule has 2 heterocycles. The summed E-state index contributed by atoms with van der Waals surface area (Å²) in [6.45, 7) is 2.32. The van der Waals surface area contributed by atoms with Gasteiger partial charge in [0.1, 0.15) is 5.82 Å². The molecule has 0 fully saturated rings. The molecule has 0 atom stereocenters. The summed E-state index contributed by atoms with van der Waals surface area (Å²) < 4.78 is 37.6. The average molecular weight is 322 g/mol. The van der Waals surface area contributed by atoms with Gasteiger partial charge in [0.2, 0.25) is 0 Å². The van der Waals surface area contributed by atoms with E-state index in [0.29, 0.717) is 12.4 Å². The lowest BCUT2D eigenvalue weighted by Gasteiger charge is -2.19. The molecule has 2 aromatic rings. The summed E-state index contributed by atoms with van der Waals surface area (Å²) in [5.74, 6) is 0.297. The van der Waals surface area contributed by atoms with E-state index in [4.69, 9.17) is 11.6 Å². The van der Waals surface area contributed by atoms with Gasteiger partial charge in [-0.15, -0.1) is 11.3 Å². The van der Waals surface area contributed by atoms with E-state index in [2.05, 4.69) is 9.97 Å². The second-order valence-corrected chi connectivity index (χ2v) is 5.71. The molecule has 0 aliphatic heterocycles. The molecule has 0 unspecified atom stereocenters. The minimum absolute atomic E-state index is 0.0331. The largest absolute Gasteiger partial charge is 0.417 e. The number of aromatic nitrogens is 2. The van der Waals surface area contributed by atoms with Crippen LogP contribution in [0.3, 0.4) is 0 Å². The Bertz CT molecular complexity index is 612. The lowest BCUT2D eigenvalue weighted by Crippen LogP contribution is -2.19. The maximum atomic E-state index is 12.5. The van der Waals surface area contributed by atoms with Crippen LogP contribution in [-0.4, -0.2) is 17.0 Å². The maximum absolute atomic E-state index is 12.5. The summed E-state index contributed by atoms with van der Waals surface area (Å²) >= 11 is 7.39. The summed E-state index contributed by atoms with van der Waals surface area (Å²) in [6.07, 6.45) is -3.66. The first-order valence-corrected chi connectivity index (χ1v) is 6.88. The number of pyridine rings is 1. The van der Waals surface area contributed by atoms with E-state index in [-0.39, 0.29) is 5.02 Å². The fourth-order valence-electron chi connectivity index (χ4n) is 1.67. The van der Waals surface area contributed by atoms with Crippen LogP contribution in [0.15, 0.2) is 17.6 Å². The monoisotopic (exact) mass is 321 g/mol. The molecular weight excluding hydrogens is 311 g/mol. The number of alkyl halides is 3. The van der Waals surface area contributed by atoms with Gasteiger partial charge in [-0.2, -0.15) is 13.2 Å². The van der Waals surface area contributed by atoms with E-state index >= 15 is 0 Å². The van der Waals surface area contributed by atoms with Gasteiger partial charge >= 0.3 is 6.18 Å². The minimum atomic E-state index is -4.44. The van der Waals surface area contributed by atoms with Crippen molar-refractivity contribution in [3.05, 3.63) is 38.9 Å². The predicted molar refractivity (Wildman–Crippen MR) is 73.2 cm³/mol. The molecule has 0 aliphatic rings. The Morgan fingerprint density at radius 2 is 2.10 bits per heavy atom. The number of hydrogen-bond donors (Lipinski definition) is 0. The van der Waals surface area contributed by atoms with E-state index in [0.717, 1.165) is 23.0 Å². The Kier molecular flexibility index (Phi) is 4.19. The van der Waals surface area contributed by atoms with Crippen LogP contribution in [0.2, 0.25) is 5.02 Å². The lowest BCUT2D eigenvalue weighted by atomic mass is 10.2. The van der Waals surface area contributed by atoms with Crippen molar-refractivity contribution in [3.63, 3.8) is 0 Å². The molecule has 0 aromatic carbocycles. The normalized spacial score (nSPS) is 11.7. The highest BCUT2D eigenvalue weighted by Gasteiger charge is 2.31. The van der Waals surface area contributed by atoms with Gasteiger partial charge in [-0.25, -0.2) is 9.97 Å². The van der Waals surface area contributed by atoms with Crippen molar-refractivity contribution in [2.45, 2.75) is 19.6 Å². The zero-order valence-corrected chi connectivity index (χ0v) is 12.3. The van der Waals surface area contributed by atoms with Crippen molar-refractivity contribution in [3.8, 4) is 0 Å². The van der Waals surface area contributed by atoms with E-state index in [1.165, 1.54) is 11.3 Å². The number of thiazole rings is 1. The van der Waals surface area contributed by atoms with Crippen LogP contribution >= 0.6 is 22.9 Å². The summed E-state index contributed by atoms with van der Waals surface area (Å²) in [4.78, 5) is 9.75. The molecule has 0 aliphatic carbocycles. The molecule has 8 heteroatoms. The van der Waals surface area contributed by atoms with Gasteiger partial charge in [0.05, 0.1) is 27.8 Å². The Morgan fingerprint density at radius 3 is 2.60 bits per heavy atom. The van der Waals surface area contributed by atoms with Crippen LogP contribution in [0.4, 0.5) is 19.0 Å². The van der Waals surface area contributed by atoms with Crippen LogP contribution in [-0.2, 0) is 12.7 Å². The third-order valence-corrected chi connectivity index (χ3v) is 3.68. The van der Waals surface area contributed by atoms with E-state index in [1.807, 2.05) is 12.3 Å². The number of halogens is 4. The Hall–Kier alpha value is -1.34. The Labute approximate surface area is 123 Å². The van der Waals surface area contributed by atoms with Crippen molar-refractivity contribution < 1.29 is 13.2 Å². The lowest BCUT2D eigenvalue weighted by molar-refractivity contribution is -0.137. The first-order valence-electron chi connectivity index (χ1n) is 5.62. The van der Waals surface area contributed by atoms with E-state index in [9.17, 15) is 13.2 Å². The van der Waals surface area contributed by atoms with E-state index < -0.39 is 11.7 Å². The van der Waals surface area contributed by atoms with Gasteiger partial charge in [0.15, 0.2) is 0 Å². The van der Waals surface area contributed by atoms with Crippen molar-refractivity contribution >= 4 is 28.8 Å². The van der Waals surface area contributed by atoms with Gasteiger partial charge in [0.25, 0.3) is 0 Å². The summed E-state index contributed by atoms with van der Waals surface area (Å²) in [7, 11) is 1.70. The quantitative estimate of drug-likeness (QED) is 0.850. The third kappa shape index (κ3) is 3.40. The Morgan fingerprint density at radius 1 is 1.40 bits per heavy atom. The standard InChI is InChI=1S/C12H11ClF3N3S/c1-7-18-9(6-20-7)5-19(2)11-10(13)3-8(4-17-11)12(14,15)16/h3-4,6H,5H2,1-2H3. The van der Waals surface area contributed by atoms with E-state index in [1.54, 1.807) is 11.9 Å². The molecule has 0 N–H and O–H groups in total. The molecule has 3 nitrogen and oxygen atoms in total. The summed E-state index contributed by atoms with van der Waals surface area (Å²) in [5, 5.41) is 2.79. The fraction of sp³-hybridized carbons (Fsp3) is 0.333. The van der Waals surface area contributed by atoms with Crippen LogP contribution < -0.4 is 4.90 Å². The van der Waals surface area contributed by atoms with Crippen molar-refractivity contribution in [1.29, 1.82) is 0 Å². The average Bonchev–Trinajstić information content (AvgIpc) is 2.73. The zero-order chi connectivity index (χ0) is 14.9. The van der Waals surface area contributed by atoms with Crippen LogP contribution in [0, 0.1) is 6.92 Å². The molecule has 108 valence electrons. The Balaban J connectivity index is 2.20. The van der Waals surface area contributed by atoms with Gasteiger partial charge in [0, 0.05) is 18.6 Å². The summed E-state index contributed by atoms with van der Waals surface area (Å²) in [5.41, 5.74) is -0.0306. The minimum Gasteiger partial charge on any atom is -0.353 e. The molecule has 0 saturated heterocycles. The molecule has 0 saturated carbocycles. The number of aryl methyl sites for hydroxylation is 1. The first-order chi connectivity index (χ1) is 9.27. The maximum Gasteiger partial charge on any atom is 0.417 e. The van der Waals surface area contributed by atoms with Crippen LogP contribution in [0.5, 0.6) is 0 Å². The second-order valence-electron chi connectivity index (χ2n) is 4.24. The number of hydrogen-bond acceptors (Lipinski definition) is 4. The topological polar surface area (TPSA) is 29.0 Å². The molecule has 2 aromatic heterocycles. The third-order valence-electron chi connectivity index (χ3n) is 2.58. The van der Waals surface area contributed by atoms with Gasteiger partial charge in [-0.1, -0.05) is 11.6 Å². The van der Waals surface area contributed by atoms with Gasteiger partial charge in [-0.3, -0.25) is 0 Å². The first kappa shape index (κ1) is 15.1. The zero-order valence-electron chi connectivity index (χ0n) is 10.7. The van der Waals surface area contributed by atoms with Gasteiger partial charge < -0.3 is 4.90 Å². The molecule has 0 spiro atoms.